The third-order valence-corrected chi connectivity index (χ3v) is 4.70. The first-order valence-corrected chi connectivity index (χ1v) is 9.57. The maximum absolute atomic E-state index is 13.0. The van der Waals surface area contributed by atoms with Crippen LogP contribution < -0.4 is 10.2 Å². The molecule has 0 saturated carbocycles. The van der Waals surface area contributed by atoms with Crippen molar-refractivity contribution in [2.45, 2.75) is 13.5 Å². The second kappa shape index (κ2) is 8.66. The first-order chi connectivity index (χ1) is 14.6. The van der Waals surface area contributed by atoms with E-state index in [1.165, 1.54) is 0 Å². The zero-order chi connectivity index (χ0) is 20.9. The van der Waals surface area contributed by atoms with Crippen LogP contribution >= 0.6 is 0 Å². The van der Waals surface area contributed by atoms with Crippen molar-refractivity contribution in [2.24, 2.45) is 0 Å². The molecule has 150 valence electrons. The third kappa shape index (κ3) is 4.25. The Hall–Kier alpha value is -3.86. The third-order valence-electron chi connectivity index (χ3n) is 4.70. The molecule has 0 bridgehead atoms. The molecule has 1 heterocycles. The first-order valence-electron chi connectivity index (χ1n) is 9.57. The van der Waals surface area contributed by atoms with Crippen molar-refractivity contribution in [3.63, 3.8) is 0 Å². The van der Waals surface area contributed by atoms with E-state index in [9.17, 15) is 9.59 Å². The summed E-state index contributed by atoms with van der Waals surface area (Å²) >= 11 is 0. The van der Waals surface area contributed by atoms with Gasteiger partial charge in [-0.1, -0.05) is 60.7 Å². The first kappa shape index (κ1) is 19.5. The molecule has 5 nitrogen and oxygen atoms in total. The summed E-state index contributed by atoms with van der Waals surface area (Å²) in [5, 5.41) is 0.457. The van der Waals surface area contributed by atoms with Gasteiger partial charge in [-0.15, -0.1) is 0 Å². The number of benzene rings is 3. The number of fused-ring (bicyclic) bond motifs is 1. The van der Waals surface area contributed by atoms with Crippen LogP contribution in [-0.2, 0) is 16.1 Å². The van der Waals surface area contributed by atoms with Crippen LogP contribution in [0.25, 0.3) is 22.1 Å². The van der Waals surface area contributed by atoms with Crippen LogP contribution in [0.1, 0.15) is 11.3 Å². The molecule has 0 amide bonds. The van der Waals surface area contributed by atoms with E-state index in [4.69, 9.17) is 13.9 Å². The zero-order valence-electron chi connectivity index (χ0n) is 16.5. The lowest BCUT2D eigenvalue weighted by atomic mass is 10.0. The van der Waals surface area contributed by atoms with Crippen LogP contribution in [0.3, 0.4) is 0 Å². The van der Waals surface area contributed by atoms with Crippen molar-refractivity contribution in [3.8, 4) is 16.9 Å². The standard InChI is InChI=1S/C25H20O5/c1-17-24(19-10-6-3-7-11-19)25(27)21-13-12-20(14-22(21)30-17)28-16-23(26)29-15-18-8-4-2-5-9-18/h2-14H,15-16H2,1H3. The lowest BCUT2D eigenvalue weighted by molar-refractivity contribution is -0.147. The van der Waals surface area contributed by atoms with E-state index < -0.39 is 5.97 Å². The molecule has 0 unspecified atom stereocenters. The van der Waals surface area contributed by atoms with Crippen molar-refractivity contribution in [2.75, 3.05) is 6.61 Å². The minimum absolute atomic E-state index is 0.103. The summed E-state index contributed by atoms with van der Waals surface area (Å²) in [6, 6.07) is 23.8. The van der Waals surface area contributed by atoms with E-state index in [0.717, 1.165) is 11.1 Å². The van der Waals surface area contributed by atoms with Crippen LogP contribution in [0.2, 0.25) is 0 Å². The number of rotatable bonds is 6. The molecule has 0 fully saturated rings. The van der Waals surface area contributed by atoms with Crippen LogP contribution in [-0.4, -0.2) is 12.6 Å². The number of carbonyl (C=O) groups is 1. The molecule has 0 atom stereocenters. The van der Waals surface area contributed by atoms with E-state index in [1.54, 1.807) is 25.1 Å². The normalized spacial score (nSPS) is 10.7. The predicted molar refractivity (Wildman–Crippen MR) is 114 cm³/mol. The summed E-state index contributed by atoms with van der Waals surface area (Å²) in [7, 11) is 0. The summed E-state index contributed by atoms with van der Waals surface area (Å²) in [6.07, 6.45) is 0. The Morgan fingerprint density at radius 3 is 2.37 bits per heavy atom. The van der Waals surface area contributed by atoms with Crippen molar-refractivity contribution in [3.05, 3.63) is 100 Å². The van der Waals surface area contributed by atoms with Gasteiger partial charge in [0.1, 0.15) is 23.7 Å². The van der Waals surface area contributed by atoms with Gasteiger partial charge >= 0.3 is 5.97 Å². The Balaban J connectivity index is 1.48. The lowest BCUT2D eigenvalue weighted by Crippen LogP contribution is -2.15. The van der Waals surface area contributed by atoms with Crippen molar-refractivity contribution < 1.29 is 18.7 Å². The van der Waals surface area contributed by atoms with Crippen LogP contribution in [0.5, 0.6) is 5.75 Å². The summed E-state index contributed by atoms with van der Waals surface area (Å²) in [6.45, 7) is 1.72. The van der Waals surface area contributed by atoms with Crippen molar-refractivity contribution in [1.29, 1.82) is 0 Å². The highest BCUT2D eigenvalue weighted by atomic mass is 16.6. The van der Waals surface area contributed by atoms with Gasteiger partial charge in [-0.25, -0.2) is 4.79 Å². The van der Waals surface area contributed by atoms with E-state index in [1.807, 2.05) is 60.7 Å². The molecular formula is C25H20O5. The van der Waals surface area contributed by atoms with Gasteiger partial charge in [0.05, 0.1) is 10.9 Å². The number of aryl methyl sites for hydroxylation is 1. The number of esters is 1. The van der Waals surface area contributed by atoms with E-state index in [-0.39, 0.29) is 18.6 Å². The molecular weight excluding hydrogens is 380 g/mol. The fraction of sp³-hybridized carbons (Fsp3) is 0.120. The van der Waals surface area contributed by atoms with Crippen LogP contribution in [0.4, 0.5) is 0 Å². The molecule has 0 radical (unpaired) electrons. The Kier molecular flexibility index (Phi) is 5.61. The maximum Gasteiger partial charge on any atom is 0.344 e. The molecule has 5 heteroatoms. The summed E-state index contributed by atoms with van der Waals surface area (Å²) in [5.74, 6) is 0.475. The topological polar surface area (TPSA) is 65.7 Å². The molecule has 3 aromatic carbocycles. The van der Waals surface area contributed by atoms with Gasteiger partial charge in [-0.3, -0.25) is 4.79 Å². The van der Waals surface area contributed by atoms with E-state index in [0.29, 0.717) is 28.0 Å². The number of hydrogen-bond acceptors (Lipinski definition) is 5. The minimum atomic E-state index is -0.476. The van der Waals surface area contributed by atoms with Gasteiger partial charge in [0.15, 0.2) is 6.61 Å². The number of carbonyl (C=O) groups excluding carboxylic acids is 1. The quantitative estimate of drug-likeness (QED) is 0.431. The van der Waals surface area contributed by atoms with Gasteiger partial charge in [0, 0.05) is 6.07 Å². The molecule has 0 saturated heterocycles. The highest BCUT2D eigenvalue weighted by Crippen LogP contribution is 2.26. The Morgan fingerprint density at radius 2 is 1.63 bits per heavy atom. The molecule has 0 aliphatic heterocycles. The molecule has 0 spiro atoms. The molecule has 1 aromatic heterocycles. The SMILES string of the molecule is Cc1oc2cc(OCC(=O)OCc3ccccc3)ccc2c(=O)c1-c1ccccc1. The van der Waals surface area contributed by atoms with E-state index in [2.05, 4.69) is 0 Å². The second-order valence-electron chi connectivity index (χ2n) is 6.82. The fourth-order valence-corrected chi connectivity index (χ4v) is 3.24. The van der Waals surface area contributed by atoms with Gasteiger partial charge in [0.2, 0.25) is 5.43 Å². The van der Waals surface area contributed by atoms with Gasteiger partial charge in [0.25, 0.3) is 0 Å². The smallest absolute Gasteiger partial charge is 0.344 e. The summed E-state index contributed by atoms with van der Waals surface area (Å²) < 4.78 is 16.6. The maximum atomic E-state index is 13.0. The second-order valence-corrected chi connectivity index (χ2v) is 6.82. The molecule has 4 rings (SSSR count). The number of hydrogen-bond donors (Lipinski definition) is 0. The van der Waals surface area contributed by atoms with Crippen molar-refractivity contribution >= 4 is 16.9 Å². The molecule has 0 aliphatic carbocycles. The zero-order valence-corrected chi connectivity index (χ0v) is 16.5. The molecule has 4 aromatic rings. The van der Waals surface area contributed by atoms with Gasteiger partial charge in [-0.05, 0) is 30.2 Å². The minimum Gasteiger partial charge on any atom is -0.482 e. The van der Waals surface area contributed by atoms with E-state index >= 15 is 0 Å². The largest absolute Gasteiger partial charge is 0.482 e. The van der Waals surface area contributed by atoms with Gasteiger partial charge in [-0.2, -0.15) is 0 Å². The monoisotopic (exact) mass is 400 g/mol. The molecule has 0 aliphatic rings. The Morgan fingerprint density at radius 1 is 0.933 bits per heavy atom. The summed E-state index contributed by atoms with van der Waals surface area (Å²) in [5.41, 5.74) is 2.57. The molecule has 30 heavy (non-hydrogen) atoms. The average Bonchev–Trinajstić information content (AvgIpc) is 2.77. The van der Waals surface area contributed by atoms with Gasteiger partial charge < -0.3 is 13.9 Å². The lowest BCUT2D eigenvalue weighted by Gasteiger charge is -2.10. The highest BCUT2D eigenvalue weighted by molar-refractivity contribution is 5.83. The molecule has 0 N–H and O–H groups in total. The fourth-order valence-electron chi connectivity index (χ4n) is 3.24. The van der Waals surface area contributed by atoms with Crippen LogP contribution in [0.15, 0.2) is 88.1 Å². The predicted octanol–water partition coefficient (Wildman–Crippen LogP) is 4.89. The number of ether oxygens (including phenoxy) is 2. The summed E-state index contributed by atoms with van der Waals surface area (Å²) in [4.78, 5) is 24.9. The van der Waals surface area contributed by atoms with Crippen LogP contribution in [0, 0.1) is 6.92 Å². The van der Waals surface area contributed by atoms with Crippen molar-refractivity contribution in [1.82, 2.24) is 0 Å². The average molecular weight is 400 g/mol. The Bertz CT molecular complexity index is 1230. The Labute approximate surface area is 173 Å². The highest BCUT2D eigenvalue weighted by Gasteiger charge is 2.14.